The van der Waals surface area contributed by atoms with Gasteiger partial charge < -0.3 is 4.74 Å². The number of nitrogens with two attached hydrogens (primary N) is 1. The summed E-state index contributed by atoms with van der Waals surface area (Å²) in [7, 11) is 0. The van der Waals surface area contributed by atoms with Crippen molar-refractivity contribution >= 4 is 27.3 Å². The molecule has 1 unspecified atom stereocenters. The van der Waals surface area contributed by atoms with E-state index in [-0.39, 0.29) is 6.04 Å². The highest BCUT2D eigenvalue weighted by atomic mass is 79.9. The number of hydrazine groups is 1. The molecule has 0 radical (unpaired) electrons. The molecular weight excluding hydrogens is 276 g/mol. The lowest BCUT2D eigenvalue weighted by molar-refractivity contribution is 0.0537. The lowest BCUT2D eigenvalue weighted by Gasteiger charge is -2.29. The lowest BCUT2D eigenvalue weighted by atomic mass is 9.89. The van der Waals surface area contributed by atoms with Gasteiger partial charge >= 0.3 is 0 Å². The van der Waals surface area contributed by atoms with Gasteiger partial charge in [0, 0.05) is 19.3 Å². The smallest absolute Gasteiger partial charge is 0.0701 e. The zero-order valence-corrected chi connectivity index (χ0v) is 10.8. The molecule has 1 fully saturated rings. The van der Waals surface area contributed by atoms with Gasteiger partial charge in [0.05, 0.1) is 3.79 Å². The molecule has 0 aromatic carbocycles. The van der Waals surface area contributed by atoms with E-state index in [1.54, 1.807) is 11.3 Å². The maximum absolute atomic E-state index is 5.64. The second-order valence-corrected chi connectivity index (χ2v) is 6.07. The summed E-state index contributed by atoms with van der Waals surface area (Å²) in [6.45, 7) is 1.71. The lowest BCUT2D eigenvalue weighted by Crippen LogP contribution is -2.35. The number of thiophene rings is 1. The zero-order chi connectivity index (χ0) is 10.7. The predicted octanol–water partition coefficient (Wildman–Crippen LogP) is 2.44. The van der Waals surface area contributed by atoms with E-state index < -0.39 is 0 Å². The Balaban J connectivity index is 2.08. The largest absolute Gasteiger partial charge is 0.381 e. The van der Waals surface area contributed by atoms with Crippen LogP contribution in [0.1, 0.15) is 24.4 Å². The van der Waals surface area contributed by atoms with Crippen molar-refractivity contribution in [3.63, 3.8) is 0 Å². The van der Waals surface area contributed by atoms with E-state index in [1.165, 1.54) is 5.56 Å². The molecule has 0 saturated carbocycles. The van der Waals surface area contributed by atoms with Gasteiger partial charge in [-0.05, 0) is 51.7 Å². The number of ether oxygens (including phenoxy) is 1. The van der Waals surface area contributed by atoms with Crippen LogP contribution in [0.15, 0.2) is 15.2 Å². The second-order valence-electron chi connectivity index (χ2n) is 3.78. The minimum atomic E-state index is 0.261. The summed E-state index contributed by atoms with van der Waals surface area (Å²) in [6, 6.07) is 2.40. The maximum atomic E-state index is 5.64. The quantitative estimate of drug-likeness (QED) is 0.664. The fraction of sp³-hybridized carbons (Fsp3) is 0.600. The summed E-state index contributed by atoms with van der Waals surface area (Å²) < 4.78 is 6.52. The first kappa shape index (κ1) is 11.5. The Hall–Kier alpha value is 0.0600. The van der Waals surface area contributed by atoms with Crippen LogP contribution in [0.25, 0.3) is 0 Å². The molecule has 5 heteroatoms. The van der Waals surface area contributed by atoms with Crippen molar-refractivity contribution in [1.29, 1.82) is 0 Å². The van der Waals surface area contributed by atoms with Gasteiger partial charge in [0.25, 0.3) is 0 Å². The fourth-order valence-electron chi connectivity index (χ4n) is 2.04. The van der Waals surface area contributed by atoms with E-state index in [0.717, 1.165) is 29.8 Å². The van der Waals surface area contributed by atoms with Gasteiger partial charge in [0.1, 0.15) is 0 Å². The first-order valence-corrected chi connectivity index (χ1v) is 6.76. The number of hydrogen-bond acceptors (Lipinski definition) is 4. The van der Waals surface area contributed by atoms with Crippen molar-refractivity contribution in [3.8, 4) is 0 Å². The Morgan fingerprint density at radius 1 is 1.53 bits per heavy atom. The number of halogens is 1. The highest BCUT2D eigenvalue weighted by Crippen LogP contribution is 2.33. The van der Waals surface area contributed by atoms with Crippen molar-refractivity contribution in [2.24, 2.45) is 11.8 Å². The molecule has 15 heavy (non-hydrogen) atoms. The van der Waals surface area contributed by atoms with Gasteiger partial charge in [0.2, 0.25) is 0 Å². The number of nitrogens with one attached hydrogen (secondary N) is 1. The highest BCUT2D eigenvalue weighted by Gasteiger charge is 2.25. The van der Waals surface area contributed by atoms with Crippen LogP contribution in [0.3, 0.4) is 0 Å². The SMILES string of the molecule is NNC(c1csc(Br)c1)C1CCOCC1. The van der Waals surface area contributed by atoms with Gasteiger partial charge in [-0.15, -0.1) is 11.3 Å². The molecule has 0 amide bonds. The highest BCUT2D eigenvalue weighted by molar-refractivity contribution is 9.11. The standard InChI is InChI=1S/C10H15BrN2OS/c11-9-5-8(6-15-9)10(13-12)7-1-3-14-4-2-7/h5-7,10,13H,1-4,12H2. The summed E-state index contributed by atoms with van der Waals surface area (Å²) in [5.74, 6) is 6.23. The molecule has 84 valence electrons. The van der Waals surface area contributed by atoms with E-state index in [9.17, 15) is 0 Å². The van der Waals surface area contributed by atoms with Crippen LogP contribution < -0.4 is 11.3 Å². The maximum Gasteiger partial charge on any atom is 0.0701 e. The van der Waals surface area contributed by atoms with Gasteiger partial charge in [-0.25, -0.2) is 0 Å². The van der Waals surface area contributed by atoms with Crippen molar-refractivity contribution in [3.05, 3.63) is 20.8 Å². The van der Waals surface area contributed by atoms with Crippen LogP contribution in [-0.2, 0) is 4.74 Å². The monoisotopic (exact) mass is 290 g/mol. The summed E-state index contributed by atoms with van der Waals surface area (Å²) in [5, 5.41) is 2.16. The van der Waals surface area contributed by atoms with Crippen LogP contribution in [0, 0.1) is 5.92 Å². The van der Waals surface area contributed by atoms with Crippen LogP contribution in [0.5, 0.6) is 0 Å². The van der Waals surface area contributed by atoms with Crippen molar-refractivity contribution < 1.29 is 4.74 Å². The molecule has 0 bridgehead atoms. The van der Waals surface area contributed by atoms with Crippen LogP contribution in [0.2, 0.25) is 0 Å². The van der Waals surface area contributed by atoms with E-state index in [4.69, 9.17) is 10.6 Å². The summed E-state index contributed by atoms with van der Waals surface area (Å²) in [4.78, 5) is 0. The molecule has 0 spiro atoms. The third-order valence-corrected chi connectivity index (χ3v) is 4.39. The molecule has 1 aromatic rings. The number of hydrogen-bond donors (Lipinski definition) is 2. The Kier molecular flexibility index (Phi) is 4.16. The van der Waals surface area contributed by atoms with Crippen LogP contribution in [0.4, 0.5) is 0 Å². The molecule has 1 aliphatic heterocycles. The summed E-state index contributed by atoms with van der Waals surface area (Å²) in [5.41, 5.74) is 4.21. The minimum absolute atomic E-state index is 0.261. The van der Waals surface area contributed by atoms with Crippen molar-refractivity contribution in [1.82, 2.24) is 5.43 Å². The molecular formula is C10H15BrN2OS. The molecule has 1 aromatic heterocycles. The third kappa shape index (κ3) is 2.79. The molecule has 1 atom stereocenters. The first-order valence-electron chi connectivity index (χ1n) is 5.09. The Morgan fingerprint density at radius 3 is 2.80 bits per heavy atom. The molecule has 3 N–H and O–H groups in total. The number of rotatable bonds is 3. The molecule has 2 rings (SSSR count). The van der Waals surface area contributed by atoms with Gasteiger partial charge in [-0.2, -0.15) is 0 Å². The normalized spacial score (nSPS) is 20.4. The minimum Gasteiger partial charge on any atom is -0.381 e. The average molecular weight is 291 g/mol. The topological polar surface area (TPSA) is 47.3 Å². The van der Waals surface area contributed by atoms with E-state index >= 15 is 0 Å². The third-order valence-electron chi connectivity index (χ3n) is 2.86. The Morgan fingerprint density at radius 2 is 2.27 bits per heavy atom. The fourth-order valence-corrected chi connectivity index (χ4v) is 3.25. The molecule has 1 saturated heterocycles. The van der Waals surface area contributed by atoms with Gasteiger partial charge in [-0.1, -0.05) is 0 Å². The second kappa shape index (κ2) is 5.41. The Bertz CT molecular complexity index is 312. The molecule has 1 aliphatic rings. The Labute approximate surface area is 102 Å². The predicted molar refractivity (Wildman–Crippen MR) is 65.6 cm³/mol. The van der Waals surface area contributed by atoms with Gasteiger partial charge in [0.15, 0.2) is 0 Å². The zero-order valence-electron chi connectivity index (χ0n) is 8.41. The van der Waals surface area contributed by atoms with Crippen molar-refractivity contribution in [2.75, 3.05) is 13.2 Å². The van der Waals surface area contributed by atoms with Crippen molar-refractivity contribution in [2.45, 2.75) is 18.9 Å². The molecule has 0 aliphatic carbocycles. The first-order chi connectivity index (χ1) is 7.31. The van der Waals surface area contributed by atoms with E-state index in [2.05, 4.69) is 32.8 Å². The van der Waals surface area contributed by atoms with E-state index in [1.807, 2.05) is 0 Å². The van der Waals surface area contributed by atoms with E-state index in [0.29, 0.717) is 5.92 Å². The summed E-state index contributed by atoms with van der Waals surface area (Å²) in [6.07, 6.45) is 2.17. The molecule has 2 heterocycles. The van der Waals surface area contributed by atoms with Crippen LogP contribution in [-0.4, -0.2) is 13.2 Å². The molecule has 3 nitrogen and oxygen atoms in total. The average Bonchev–Trinajstić information content (AvgIpc) is 2.68. The van der Waals surface area contributed by atoms with Gasteiger partial charge in [-0.3, -0.25) is 11.3 Å². The summed E-state index contributed by atoms with van der Waals surface area (Å²) >= 11 is 5.18. The van der Waals surface area contributed by atoms with Crippen LogP contribution >= 0.6 is 27.3 Å².